The van der Waals surface area contributed by atoms with Crippen molar-refractivity contribution < 1.29 is 19.1 Å². The summed E-state index contributed by atoms with van der Waals surface area (Å²) in [6.45, 7) is 2.38. The van der Waals surface area contributed by atoms with E-state index in [1.54, 1.807) is 53.6 Å². The third-order valence-corrected chi connectivity index (χ3v) is 5.83. The number of methoxy groups -OCH3 is 1. The molecular formula is C26H27N5O4. The number of hydrogen-bond donors (Lipinski definition) is 2. The molecule has 35 heavy (non-hydrogen) atoms. The quantitative estimate of drug-likeness (QED) is 0.481. The van der Waals surface area contributed by atoms with Gasteiger partial charge < -0.3 is 20.7 Å². The standard InChI is InChI=1S/C26H27N5O4/c1-16(32)31(15-17-3-4-17)23-9-7-19(11-21(23)26(34)35-2)22-8-6-20(14-28-22)25(33)30-13-18-5-10-24(27)29-12-18/h5-12,14,17H,3-4,13,15H2,1-2H3,(H2,27,29)(H,30,33). The summed E-state index contributed by atoms with van der Waals surface area (Å²) in [5.74, 6) is -0.0559. The Morgan fingerprint density at radius 2 is 1.89 bits per heavy atom. The summed E-state index contributed by atoms with van der Waals surface area (Å²) in [5.41, 5.74) is 8.87. The zero-order valence-electron chi connectivity index (χ0n) is 19.7. The number of carbonyl (C=O) groups excluding carboxylic acids is 3. The van der Waals surface area contributed by atoms with Gasteiger partial charge in [-0.05, 0) is 54.7 Å². The molecule has 9 nitrogen and oxygen atoms in total. The fourth-order valence-electron chi connectivity index (χ4n) is 3.68. The van der Waals surface area contributed by atoms with Crippen LogP contribution in [0, 0.1) is 5.92 Å². The molecule has 4 rings (SSSR count). The SMILES string of the molecule is COC(=O)c1cc(-c2ccc(C(=O)NCc3ccc(N)nc3)cn2)ccc1N(CC1CC1)C(C)=O. The Morgan fingerprint density at radius 1 is 1.09 bits per heavy atom. The Bertz CT molecular complexity index is 1240. The van der Waals surface area contributed by atoms with Gasteiger partial charge in [-0.3, -0.25) is 14.6 Å². The molecule has 0 radical (unpaired) electrons. The summed E-state index contributed by atoms with van der Waals surface area (Å²) in [6.07, 6.45) is 5.25. The zero-order valence-corrected chi connectivity index (χ0v) is 19.7. The molecule has 0 unspecified atom stereocenters. The fourth-order valence-corrected chi connectivity index (χ4v) is 3.68. The largest absolute Gasteiger partial charge is 0.465 e. The molecule has 9 heteroatoms. The van der Waals surface area contributed by atoms with Gasteiger partial charge >= 0.3 is 5.97 Å². The first-order chi connectivity index (χ1) is 16.9. The number of esters is 1. The van der Waals surface area contributed by atoms with Crippen LogP contribution in [0.25, 0.3) is 11.3 Å². The summed E-state index contributed by atoms with van der Waals surface area (Å²) in [7, 11) is 1.31. The van der Waals surface area contributed by atoms with E-state index in [9.17, 15) is 14.4 Å². The van der Waals surface area contributed by atoms with Gasteiger partial charge in [0.25, 0.3) is 5.91 Å². The van der Waals surface area contributed by atoms with Crippen molar-refractivity contribution in [3.63, 3.8) is 0 Å². The van der Waals surface area contributed by atoms with E-state index in [1.165, 1.54) is 20.2 Å². The predicted molar refractivity (Wildman–Crippen MR) is 132 cm³/mol. The lowest BCUT2D eigenvalue weighted by molar-refractivity contribution is -0.116. The number of carbonyl (C=O) groups is 3. The van der Waals surface area contributed by atoms with Crippen LogP contribution in [-0.4, -0.2) is 41.4 Å². The number of hydrogen-bond acceptors (Lipinski definition) is 7. The molecule has 0 spiro atoms. The first kappa shape index (κ1) is 23.9. The van der Waals surface area contributed by atoms with Gasteiger partial charge in [0.2, 0.25) is 5.91 Å². The summed E-state index contributed by atoms with van der Waals surface area (Å²) in [6, 6.07) is 12.1. The van der Waals surface area contributed by atoms with Crippen LogP contribution in [0.15, 0.2) is 54.9 Å². The highest BCUT2D eigenvalue weighted by Gasteiger charge is 2.29. The van der Waals surface area contributed by atoms with E-state index in [0.29, 0.717) is 52.9 Å². The Morgan fingerprint density at radius 3 is 2.49 bits per heavy atom. The van der Waals surface area contributed by atoms with Crippen molar-refractivity contribution in [2.75, 3.05) is 24.3 Å². The highest BCUT2D eigenvalue weighted by atomic mass is 16.5. The average molecular weight is 474 g/mol. The van der Waals surface area contributed by atoms with Crippen molar-refractivity contribution >= 4 is 29.3 Å². The zero-order chi connectivity index (χ0) is 24.9. The number of anilines is 2. The van der Waals surface area contributed by atoms with E-state index in [1.807, 2.05) is 0 Å². The van der Waals surface area contributed by atoms with E-state index in [2.05, 4.69) is 15.3 Å². The van der Waals surface area contributed by atoms with Crippen LogP contribution in [-0.2, 0) is 16.1 Å². The number of nitrogens with one attached hydrogen (secondary N) is 1. The van der Waals surface area contributed by atoms with Crippen LogP contribution in [0.1, 0.15) is 46.0 Å². The van der Waals surface area contributed by atoms with Crippen LogP contribution in [0.5, 0.6) is 0 Å². The smallest absolute Gasteiger partial charge is 0.340 e. The highest BCUT2D eigenvalue weighted by molar-refractivity contribution is 6.03. The lowest BCUT2D eigenvalue weighted by Crippen LogP contribution is -2.32. The molecule has 1 aliphatic rings. The predicted octanol–water partition coefficient (Wildman–Crippen LogP) is 3.21. The van der Waals surface area contributed by atoms with Gasteiger partial charge in [-0.15, -0.1) is 0 Å². The number of pyridine rings is 2. The van der Waals surface area contributed by atoms with Crippen LogP contribution < -0.4 is 16.0 Å². The Kier molecular flexibility index (Phi) is 7.05. The van der Waals surface area contributed by atoms with Crippen molar-refractivity contribution in [1.82, 2.24) is 15.3 Å². The number of aromatic nitrogens is 2. The maximum atomic E-state index is 12.6. The summed E-state index contributed by atoms with van der Waals surface area (Å²) < 4.78 is 4.98. The van der Waals surface area contributed by atoms with Crippen LogP contribution in [0.2, 0.25) is 0 Å². The second kappa shape index (κ2) is 10.3. The molecule has 180 valence electrons. The molecular weight excluding hydrogens is 446 g/mol. The van der Waals surface area contributed by atoms with E-state index in [0.717, 1.165) is 18.4 Å². The molecule has 3 aromatic rings. The third-order valence-electron chi connectivity index (χ3n) is 5.83. The molecule has 2 heterocycles. The molecule has 0 aliphatic heterocycles. The van der Waals surface area contributed by atoms with E-state index >= 15 is 0 Å². The van der Waals surface area contributed by atoms with Gasteiger partial charge in [0.05, 0.1) is 29.6 Å². The number of ether oxygens (including phenoxy) is 1. The maximum Gasteiger partial charge on any atom is 0.340 e. The number of benzene rings is 1. The first-order valence-corrected chi connectivity index (χ1v) is 11.3. The Balaban J connectivity index is 1.52. The van der Waals surface area contributed by atoms with Gasteiger partial charge in [-0.25, -0.2) is 9.78 Å². The van der Waals surface area contributed by atoms with Crippen molar-refractivity contribution in [1.29, 1.82) is 0 Å². The molecule has 1 saturated carbocycles. The van der Waals surface area contributed by atoms with Gasteiger partial charge in [0.15, 0.2) is 0 Å². The second-order valence-corrected chi connectivity index (χ2v) is 8.50. The molecule has 1 aliphatic carbocycles. The summed E-state index contributed by atoms with van der Waals surface area (Å²) in [5, 5.41) is 2.82. The second-order valence-electron chi connectivity index (χ2n) is 8.50. The Labute approximate surface area is 203 Å². The first-order valence-electron chi connectivity index (χ1n) is 11.3. The van der Waals surface area contributed by atoms with E-state index in [4.69, 9.17) is 10.5 Å². The van der Waals surface area contributed by atoms with E-state index in [-0.39, 0.29) is 11.8 Å². The van der Waals surface area contributed by atoms with Crippen molar-refractivity contribution in [2.45, 2.75) is 26.3 Å². The minimum absolute atomic E-state index is 0.127. The fraction of sp³-hybridized carbons (Fsp3) is 0.269. The lowest BCUT2D eigenvalue weighted by atomic mass is 10.0. The molecule has 1 aromatic carbocycles. The average Bonchev–Trinajstić information content (AvgIpc) is 3.70. The lowest BCUT2D eigenvalue weighted by Gasteiger charge is -2.23. The Hall–Kier alpha value is -4.27. The normalized spacial score (nSPS) is 12.6. The maximum absolute atomic E-state index is 12.6. The van der Waals surface area contributed by atoms with Gasteiger partial charge in [0, 0.05) is 38.0 Å². The van der Waals surface area contributed by atoms with Gasteiger partial charge in [-0.1, -0.05) is 12.1 Å². The number of amides is 2. The molecule has 0 bridgehead atoms. The number of nitrogen functional groups attached to an aromatic ring is 1. The highest BCUT2D eigenvalue weighted by Crippen LogP contribution is 2.34. The molecule has 0 atom stereocenters. The van der Waals surface area contributed by atoms with Crippen LogP contribution >= 0.6 is 0 Å². The molecule has 2 aromatic heterocycles. The number of nitrogens with zero attached hydrogens (tertiary/aromatic N) is 3. The molecule has 1 fully saturated rings. The number of rotatable bonds is 8. The van der Waals surface area contributed by atoms with Crippen LogP contribution in [0.3, 0.4) is 0 Å². The summed E-state index contributed by atoms with van der Waals surface area (Å²) in [4.78, 5) is 47.4. The van der Waals surface area contributed by atoms with Crippen molar-refractivity contribution in [3.05, 3.63) is 71.5 Å². The monoisotopic (exact) mass is 473 g/mol. The van der Waals surface area contributed by atoms with Crippen molar-refractivity contribution in [3.8, 4) is 11.3 Å². The molecule has 0 saturated heterocycles. The summed E-state index contributed by atoms with van der Waals surface area (Å²) >= 11 is 0. The number of nitrogens with two attached hydrogens (primary N) is 1. The molecule has 3 N–H and O–H groups in total. The minimum Gasteiger partial charge on any atom is -0.465 e. The van der Waals surface area contributed by atoms with Gasteiger partial charge in [-0.2, -0.15) is 0 Å². The van der Waals surface area contributed by atoms with Crippen LogP contribution in [0.4, 0.5) is 11.5 Å². The van der Waals surface area contributed by atoms with E-state index < -0.39 is 5.97 Å². The minimum atomic E-state index is -0.531. The molecule has 2 amide bonds. The van der Waals surface area contributed by atoms with Crippen molar-refractivity contribution in [2.24, 2.45) is 5.92 Å². The topological polar surface area (TPSA) is 128 Å². The third kappa shape index (κ3) is 5.81. The van der Waals surface area contributed by atoms with Gasteiger partial charge in [0.1, 0.15) is 5.82 Å².